The zero-order valence-corrected chi connectivity index (χ0v) is 36.9. The Bertz CT molecular complexity index is 2390. The summed E-state index contributed by atoms with van der Waals surface area (Å²) in [6.07, 6.45) is -7.23. The van der Waals surface area contributed by atoms with Gasteiger partial charge in [0, 0.05) is 18.3 Å². The molecule has 2 N–H and O–H groups in total. The number of nitrogens with one attached hydrogen (secondary N) is 2. The molecule has 2 saturated heterocycles. The highest BCUT2D eigenvalue weighted by atomic mass is 31.2. The fourth-order valence-electron chi connectivity index (χ4n) is 7.70. The topological polar surface area (TPSA) is 176 Å². The minimum absolute atomic E-state index is 0.0566. The molecule has 2 aliphatic rings. The molecule has 2 aliphatic heterocycles. The van der Waals surface area contributed by atoms with Gasteiger partial charge in [0.2, 0.25) is 0 Å². The SMILES string of the molecule is COc1ccc(C(OC[C@@]23CO[C@@H]([C@H](n4cc(C#CCNC(=O)C(F)(F)F)c(=O)[nH]c4=O)O2)[C@@H]3OP(OCCC#N)N(C(C)C)C(C)C)(c2ccccc2)c2ccc(OC)cc2)cc1. The lowest BCUT2D eigenvalue weighted by Gasteiger charge is -2.41. The summed E-state index contributed by atoms with van der Waals surface area (Å²) in [6.45, 7) is 6.97. The van der Waals surface area contributed by atoms with E-state index >= 15 is 0 Å². The van der Waals surface area contributed by atoms with Gasteiger partial charge in [0.15, 0.2) is 6.23 Å². The molecule has 1 unspecified atom stereocenters. The summed E-state index contributed by atoms with van der Waals surface area (Å²) < 4.78 is 86.4. The summed E-state index contributed by atoms with van der Waals surface area (Å²) >= 11 is 0. The molecule has 15 nitrogen and oxygen atoms in total. The quantitative estimate of drug-likeness (QED) is 0.0523. The molecule has 3 heterocycles. The number of hydrogen-bond acceptors (Lipinski definition) is 12. The Hall–Kier alpha value is -5.56. The number of alkyl halides is 3. The smallest absolute Gasteiger partial charge is 0.471 e. The van der Waals surface area contributed by atoms with Gasteiger partial charge in [-0.1, -0.05) is 66.4 Å². The molecule has 64 heavy (non-hydrogen) atoms. The number of methoxy groups -OCH3 is 2. The second kappa shape index (κ2) is 20.5. The van der Waals surface area contributed by atoms with Crippen molar-refractivity contribution < 1.29 is 50.7 Å². The average molecular weight is 908 g/mol. The number of H-pyrrole nitrogens is 1. The summed E-state index contributed by atoms with van der Waals surface area (Å²) in [7, 11) is 1.22. The van der Waals surface area contributed by atoms with E-state index in [1.54, 1.807) is 19.5 Å². The van der Waals surface area contributed by atoms with E-state index in [4.69, 9.17) is 32.7 Å². The molecule has 19 heteroatoms. The highest BCUT2D eigenvalue weighted by molar-refractivity contribution is 7.44. The number of nitriles is 1. The first kappa shape index (κ1) is 47.9. The molecule has 2 bridgehead atoms. The fourth-order valence-corrected chi connectivity index (χ4v) is 9.51. The summed E-state index contributed by atoms with van der Waals surface area (Å²) in [5.74, 6) is 3.79. The summed E-state index contributed by atoms with van der Waals surface area (Å²) in [4.78, 5) is 40.1. The number of nitrogens with zero attached hydrogens (tertiary/aromatic N) is 3. The van der Waals surface area contributed by atoms with Crippen molar-refractivity contribution in [1.29, 1.82) is 5.26 Å². The standard InChI is InChI=1S/C45H49F3N5O10P/c1-29(2)53(30(3)4)64(61-25-11-23-49)63-38-37-40(52-26-31(39(54)51-42(52)56)12-10-24-50-41(55)45(46,47)48)62-43(38,27-59-37)28-60-44(32-13-8-7-9-14-32,33-15-19-35(57-5)20-16-33)34-17-21-36(58-6)22-18-34/h7-9,13-22,26,29-30,37-38,40H,11,24-25,27-28H2,1-6H3,(H,50,55)(H,51,54,56)/t37-,38+,40-,43-,64?/m1/s1. The maximum atomic E-state index is 13.6. The van der Waals surface area contributed by atoms with Crippen molar-refractivity contribution in [2.45, 2.75) is 82.0 Å². The van der Waals surface area contributed by atoms with Crippen molar-refractivity contribution in [3.8, 4) is 29.4 Å². The number of aromatic amines is 1. The minimum atomic E-state index is -5.13. The zero-order valence-electron chi connectivity index (χ0n) is 36.0. The van der Waals surface area contributed by atoms with Gasteiger partial charge in [-0.25, -0.2) is 9.46 Å². The van der Waals surface area contributed by atoms with Crippen LogP contribution in [0.1, 0.15) is 62.6 Å². The van der Waals surface area contributed by atoms with Crippen molar-refractivity contribution in [3.05, 3.63) is 128 Å². The first-order valence-corrected chi connectivity index (χ1v) is 21.4. The molecule has 0 saturated carbocycles. The second-order valence-electron chi connectivity index (χ2n) is 15.4. The number of hydrogen-bond donors (Lipinski definition) is 2. The van der Waals surface area contributed by atoms with E-state index in [-0.39, 0.29) is 43.9 Å². The largest absolute Gasteiger partial charge is 0.497 e. The molecular weight excluding hydrogens is 858 g/mol. The van der Waals surface area contributed by atoms with Gasteiger partial charge >= 0.3 is 17.8 Å². The van der Waals surface area contributed by atoms with Gasteiger partial charge in [-0.2, -0.15) is 18.4 Å². The third kappa shape index (κ3) is 10.2. The number of amides is 1. The molecular formula is C45H49F3N5O10P. The molecule has 0 radical (unpaired) electrons. The van der Waals surface area contributed by atoms with Crippen LogP contribution in [0, 0.1) is 23.2 Å². The predicted molar refractivity (Wildman–Crippen MR) is 228 cm³/mol. The fraction of sp³-hybridized carbons (Fsp3) is 0.422. The predicted octanol–water partition coefficient (Wildman–Crippen LogP) is 5.92. The molecule has 0 spiro atoms. The minimum Gasteiger partial charge on any atom is -0.497 e. The average Bonchev–Trinajstić information content (AvgIpc) is 3.77. The van der Waals surface area contributed by atoms with E-state index in [1.807, 2.05) is 111 Å². The van der Waals surface area contributed by atoms with Gasteiger partial charge in [0.1, 0.15) is 40.5 Å². The Kier molecular flexibility index (Phi) is 15.4. The Morgan fingerprint density at radius 2 is 1.56 bits per heavy atom. The number of carbonyl (C=O) groups excluding carboxylic acids is 1. The van der Waals surface area contributed by atoms with Gasteiger partial charge in [-0.05, 0) is 68.7 Å². The Labute approximate surface area is 369 Å². The van der Waals surface area contributed by atoms with E-state index in [9.17, 15) is 32.8 Å². The first-order chi connectivity index (χ1) is 30.6. The summed E-state index contributed by atoms with van der Waals surface area (Å²) in [6, 6.07) is 26.4. The number of carbonyl (C=O) groups is 1. The van der Waals surface area contributed by atoms with Crippen molar-refractivity contribution in [2.75, 3.05) is 40.6 Å². The molecule has 5 atom stereocenters. The highest BCUT2D eigenvalue weighted by Gasteiger charge is 2.65. The molecule has 2 fully saturated rings. The van der Waals surface area contributed by atoms with Crippen LogP contribution in [0.4, 0.5) is 13.2 Å². The van der Waals surface area contributed by atoms with Crippen LogP contribution in [-0.4, -0.2) is 96.8 Å². The molecule has 6 rings (SSSR count). The van der Waals surface area contributed by atoms with Crippen molar-refractivity contribution in [1.82, 2.24) is 19.5 Å². The van der Waals surface area contributed by atoms with Crippen molar-refractivity contribution in [2.24, 2.45) is 0 Å². The van der Waals surface area contributed by atoms with E-state index in [0.717, 1.165) is 27.5 Å². The van der Waals surface area contributed by atoms with E-state index in [0.29, 0.717) is 11.5 Å². The third-order valence-electron chi connectivity index (χ3n) is 10.6. The van der Waals surface area contributed by atoms with Gasteiger partial charge in [0.25, 0.3) is 14.1 Å². The monoisotopic (exact) mass is 907 g/mol. The lowest BCUT2D eigenvalue weighted by Crippen LogP contribution is -2.49. The number of rotatable bonds is 18. The zero-order chi connectivity index (χ0) is 46.2. The number of fused-ring (bicyclic) bond motifs is 2. The number of ether oxygens (including phenoxy) is 5. The normalized spacial score (nSPS) is 19.9. The Morgan fingerprint density at radius 3 is 2.11 bits per heavy atom. The van der Waals surface area contributed by atoms with E-state index < -0.39 is 68.0 Å². The molecule has 0 aliphatic carbocycles. The van der Waals surface area contributed by atoms with Gasteiger partial charge in [-0.3, -0.25) is 19.1 Å². The Balaban J connectivity index is 1.47. The van der Waals surface area contributed by atoms with Crippen LogP contribution >= 0.6 is 8.53 Å². The molecule has 1 aromatic heterocycles. The Morgan fingerprint density at radius 1 is 0.969 bits per heavy atom. The van der Waals surface area contributed by atoms with Crippen LogP contribution in [0.5, 0.6) is 11.5 Å². The number of aromatic nitrogens is 2. The highest BCUT2D eigenvalue weighted by Crippen LogP contribution is 2.56. The maximum absolute atomic E-state index is 13.6. The van der Waals surface area contributed by atoms with E-state index in [2.05, 4.69) is 22.9 Å². The molecule has 1 amide bonds. The van der Waals surface area contributed by atoms with Crippen molar-refractivity contribution >= 4 is 14.4 Å². The second-order valence-corrected chi connectivity index (χ2v) is 16.8. The van der Waals surface area contributed by atoms with Gasteiger partial charge in [0.05, 0.1) is 53.1 Å². The van der Waals surface area contributed by atoms with Crippen LogP contribution < -0.4 is 26.0 Å². The molecule has 4 aromatic rings. The maximum Gasteiger partial charge on any atom is 0.471 e. The number of halogens is 3. The first-order valence-electron chi connectivity index (χ1n) is 20.3. The van der Waals surface area contributed by atoms with Crippen molar-refractivity contribution in [3.63, 3.8) is 0 Å². The van der Waals surface area contributed by atoms with E-state index in [1.165, 1.54) is 0 Å². The van der Waals surface area contributed by atoms with Crippen LogP contribution in [0.25, 0.3) is 0 Å². The lowest BCUT2D eigenvalue weighted by molar-refractivity contribution is -0.203. The summed E-state index contributed by atoms with van der Waals surface area (Å²) in [5, 5.41) is 11.0. The van der Waals surface area contributed by atoms with Crippen LogP contribution in [-0.2, 0) is 33.7 Å². The summed E-state index contributed by atoms with van der Waals surface area (Å²) in [5.41, 5.74) is -2.72. The lowest BCUT2D eigenvalue weighted by atomic mass is 9.79. The van der Waals surface area contributed by atoms with Gasteiger partial charge in [-0.15, -0.1) is 0 Å². The van der Waals surface area contributed by atoms with Crippen LogP contribution in [0.2, 0.25) is 0 Å². The molecule has 3 aromatic carbocycles. The third-order valence-corrected chi connectivity index (χ3v) is 12.7. The van der Waals surface area contributed by atoms with Crippen LogP contribution in [0.3, 0.4) is 0 Å². The van der Waals surface area contributed by atoms with Crippen LogP contribution in [0.15, 0.2) is 94.6 Å². The molecule has 340 valence electrons. The number of benzene rings is 3. The van der Waals surface area contributed by atoms with Gasteiger partial charge < -0.3 is 38.0 Å².